The summed E-state index contributed by atoms with van der Waals surface area (Å²) >= 11 is 7.32. The number of nitrogens with zero attached hydrogens (tertiary/aromatic N) is 1. The maximum absolute atomic E-state index is 5.78. The zero-order chi connectivity index (χ0) is 10.6. The first kappa shape index (κ1) is 12.0. The van der Waals surface area contributed by atoms with Crippen molar-refractivity contribution in [3.63, 3.8) is 0 Å². The number of aromatic nitrogens is 1. The van der Waals surface area contributed by atoms with Gasteiger partial charge in [0.25, 0.3) is 0 Å². The van der Waals surface area contributed by atoms with E-state index in [1.807, 2.05) is 0 Å². The minimum Gasteiger partial charge on any atom is -0.310 e. The van der Waals surface area contributed by atoms with E-state index in [9.17, 15) is 0 Å². The normalized spacial score (nSPS) is 13.5. The Bertz CT molecular complexity index is 273. The van der Waals surface area contributed by atoms with Crippen molar-refractivity contribution in [2.45, 2.75) is 27.3 Å². The van der Waals surface area contributed by atoms with Gasteiger partial charge in [-0.2, -0.15) is 0 Å². The van der Waals surface area contributed by atoms with Gasteiger partial charge in [-0.3, -0.25) is 0 Å². The predicted octanol–water partition coefficient (Wildman–Crippen LogP) is 3.18. The lowest BCUT2D eigenvalue weighted by atomic mass is 9.98. The molecule has 4 heteroatoms. The van der Waals surface area contributed by atoms with Crippen molar-refractivity contribution in [1.29, 1.82) is 0 Å². The minimum absolute atomic E-state index is 0.699. The van der Waals surface area contributed by atoms with Crippen LogP contribution in [0.4, 0.5) is 0 Å². The third kappa shape index (κ3) is 3.95. The third-order valence-electron chi connectivity index (χ3n) is 2.41. The van der Waals surface area contributed by atoms with Gasteiger partial charge in [0.15, 0.2) is 0 Å². The molecule has 1 N–H and O–H groups in total. The van der Waals surface area contributed by atoms with Crippen LogP contribution < -0.4 is 5.32 Å². The molecule has 2 nitrogen and oxygen atoms in total. The number of nitrogens with one attached hydrogen (secondary N) is 1. The van der Waals surface area contributed by atoms with Crippen LogP contribution in [0.25, 0.3) is 0 Å². The summed E-state index contributed by atoms with van der Waals surface area (Å²) in [6.07, 6.45) is 1.70. The van der Waals surface area contributed by atoms with E-state index in [1.54, 1.807) is 6.20 Å². The number of halogens is 1. The molecule has 0 spiro atoms. The average molecular weight is 233 g/mol. The Balaban J connectivity index is 2.22. The van der Waals surface area contributed by atoms with Crippen LogP contribution >= 0.6 is 22.9 Å². The minimum atomic E-state index is 0.699. The highest BCUT2D eigenvalue weighted by atomic mass is 35.5. The van der Waals surface area contributed by atoms with E-state index in [-0.39, 0.29) is 0 Å². The molecule has 1 heterocycles. The number of hydrogen-bond donors (Lipinski definition) is 1. The zero-order valence-electron chi connectivity index (χ0n) is 8.88. The van der Waals surface area contributed by atoms with Crippen LogP contribution in [0.15, 0.2) is 6.20 Å². The SMILES string of the molecule is CC(C)C(C)CNCc1ncc(Cl)s1. The molecule has 80 valence electrons. The molecule has 0 saturated carbocycles. The Morgan fingerprint density at radius 3 is 2.71 bits per heavy atom. The molecule has 1 rings (SSSR count). The van der Waals surface area contributed by atoms with Crippen LogP contribution in [0.1, 0.15) is 25.8 Å². The largest absolute Gasteiger partial charge is 0.310 e. The summed E-state index contributed by atoms with van der Waals surface area (Å²) in [5.74, 6) is 1.42. The van der Waals surface area contributed by atoms with E-state index < -0.39 is 0 Å². The van der Waals surface area contributed by atoms with Gasteiger partial charge >= 0.3 is 0 Å². The van der Waals surface area contributed by atoms with Crippen LogP contribution in [0, 0.1) is 11.8 Å². The first-order chi connectivity index (χ1) is 6.59. The molecule has 0 fully saturated rings. The van der Waals surface area contributed by atoms with E-state index in [0.717, 1.165) is 28.4 Å². The fraction of sp³-hybridized carbons (Fsp3) is 0.700. The number of hydrogen-bond acceptors (Lipinski definition) is 3. The molecule has 0 radical (unpaired) electrons. The van der Waals surface area contributed by atoms with E-state index in [0.29, 0.717) is 5.92 Å². The Kier molecular flexibility index (Phi) is 4.85. The van der Waals surface area contributed by atoms with Crippen LogP contribution in [-0.4, -0.2) is 11.5 Å². The van der Waals surface area contributed by atoms with Gasteiger partial charge in [0.2, 0.25) is 0 Å². The van der Waals surface area contributed by atoms with Crippen LogP contribution in [0.3, 0.4) is 0 Å². The molecule has 1 atom stereocenters. The molecule has 0 bridgehead atoms. The van der Waals surface area contributed by atoms with Gasteiger partial charge in [-0.1, -0.05) is 32.4 Å². The number of rotatable bonds is 5. The van der Waals surface area contributed by atoms with Crippen molar-refractivity contribution < 1.29 is 0 Å². The molecular formula is C10H17ClN2S. The summed E-state index contributed by atoms with van der Waals surface area (Å²) in [5, 5.41) is 4.45. The monoisotopic (exact) mass is 232 g/mol. The van der Waals surface area contributed by atoms with Crippen LogP contribution in [0.5, 0.6) is 0 Å². The van der Waals surface area contributed by atoms with Gasteiger partial charge in [-0.25, -0.2) is 4.98 Å². The summed E-state index contributed by atoms with van der Waals surface area (Å²) in [5.41, 5.74) is 0. The summed E-state index contributed by atoms with van der Waals surface area (Å²) in [4.78, 5) is 4.18. The molecule has 0 aliphatic heterocycles. The topological polar surface area (TPSA) is 24.9 Å². The molecule has 0 amide bonds. The predicted molar refractivity (Wildman–Crippen MR) is 62.8 cm³/mol. The summed E-state index contributed by atoms with van der Waals surface area (Å²) in [7, 11) is 0. The lowest BCUT2D eigenvalue weighted by Gasteiger charge is -2.15. The third-order valence-corrected chi connectivity index (χ3v) is 3.52. The average Bonchev–Trinajstić information content (AvgIpc) is 2.51. The molecule has 14 heavy (non-hydrogen) atoms. The quantitative estimate of drug-likeness (QED) is 0.844. The van der Waals surface area contributed by atoms with E-state index >= 15 is 0 Å². The van der Waals surface area contributed by atoms with E-state index in [1.165, 1.54) is 11.3 Å². The van der Waals surface area contributed by atoms with Crippen molar-refractivity contribution in [3.8, 4) is 0 Å². The number of thiazole rings is 1. The van der Waals surface area contributed by atoms with Crippen LogP contribution in [-0.2, 0) is 6.54 Å². The first-order valence-corrected chi connectivity index (χ1v) is 6.10. The van der Waals surface area contributed by atoms with Gasteiger partial charge < -0.3 is 5.32 Å². The standard InChI is InChI=1S/C10H17ClN2S/c1-7(2)8(3)4-12-6-10-13-5-9(11)14-10/h5,7-8,12H,4,6H2,1-3H3. The summed E-state index contributed by atoms with van der Waals surface area (Å²) in [6, 6.07) is 0. The fourth-order valence-electron chi connectivity index (χ4n) is 1.01. The second-order valence-electron chi connectivity index (χ2n) is 3.91. The fourth-order valence-corrected chi connectivity index (χ4v) is 1.94. The van der Waals surface area contributed by atoms with Gasteiger partial charge in [0.05, 0.1) is 6.20 Å². The molecular weight excluding hydrogens is 216 g/mol. The maximum Gasteiger partial charge on any atom is 0.113 e. The van der Waals surface area contributed by atoms with Crippen molar-refractivity contribution in [1.82, 2.24) is 10.3 Å². The molecule has 0 saturated heterocycles. The van der Waals surface area contributed by atoms with Crippen molar-refractivity contribution in [2.24, 2.45) is 11.8 Å². The van der Waals surface area contributed by atoms with Gasteiger partial charge in [-0.05, 0) is 18.4 Å². The molecule has 1 unspecified atom stereocenters. The van der Waals surface area contributed by atoms with Crippen LogP contribution in [0.2, 0.25) is 4.34 Å². The highest BCUT2D eigenvalue weighted by Gasteiger charge is 2.06. The Morgan fingerprint density at radius 1 is 1.50 bits per heavy atom. The smallest absolute Gasteiger partial charge is 0.113 e. The second-order valence-corrected chi connectivity index (χ2v) is 5.66. The Labute approximate surface area is 94.7 Å². The lowest BCUT2D eigenvalue weighted by molar-refractivity contribution is 0.392. The summed E-state index contributed by atoms with van der Waals surface area (Å²) in [6.45, 7) is 8.61. The lowest BCUT2D eigenvalue weighted by Crippen LogP contribution is -2.23. The highest BCUT2D eigenvalue weighted by Crippen LogP contribution is 2.18. The second kappa shape index (κ2) is 5.69. The van der Waals surface area contributed by atoms with Crippen molar-refractivity contribution >= 4 is 22.9 Å². The first-order valence-electron chi connectivity index (χ1n) is 4.90. The van der Waals surface area contributed by atoms with Gasteiger partial charge in [0.1, 0.15) is 9.34 Å². The van der Waals surface area contributed by atoms with E-state index in [4.69, 9.17) is 11.6 Å². The molecule has 0 aliphatic rings. The molecule has 0 aromatic carbocycles. The summed E-state index contributed by atoms with van der Waals surface area (Å²) < 4.78 is 0.763. The Hall–Kier alpha value is -0.120. The highest BCUT2D eigenvalue weighted by molar-refractivity contribution is 7.15. The molecule has 0 aliphatic carbocycles. The maximum atomic E-state index is 5.78. The Morgan fingerprint density at radius 2 is 2.21 bits per heavy atom. The van der Waals surface area contributed by atoms with Crippen molar-refractivity contribution in [3.05, 3.63) is 15.5 Å². The molecule has 1 aromatic rings. The van der Waals surface area contributed by atoms with Crippen molar-refractivity contribution in [2.75, 3.05) is 6.54 Å². The van der Waals surface area contributed by atoms with Gasteiger partial charge in [0, 0.05) is 6.54 Å². The van der Waals surface area contributed by atoms with E-state index in [2.05, 4.69) is 31.1 Å². The zero-order valence-corrected chi connectivity index (χ0v) is 10.5. The molecule has 1 aromatic heterocycles. The van der Waals surface area contributed by atoms with Gasteiger partial charge in [-0.15, -0.1) is 11.3 Å².